The van der Waals surface area contributed by atoms with Gasteiger partial charge in [0.05, 0.1) is 5.69 Å². The second kappa shape index (κ2) is 3.58. The Labute approximate surface area is 76.0 Å². The van der Waals surface area contributed by atoms with Gasteiger partial charge in [-0.3, -0.25) is 0 Å². The molecule has 0 radical (unpaired) electrons. The molecule has 0 amide bonds. The molecule has 1 heterocycles. The summed E-state index contributed by atoms with van der Waals surface area (Å²) >= 11 is 0. The number of aliphatic hydroxyl groups excluding tert-OH is 1. The largest absolute Gasteiger partial charge is 0.396 e. The molecule has 0 atom stereocenters. The van der Waals surface area contributed by atoms with Gasteiger partial charge >= 0.3 is 0 Å². The van der Waals surface area contributed by atoms with Crippen molar-refractivity contribution in [2.75, 3.05) is 6.61 Å². The number of nitrogens with zero attached hydrogens (tertiary/aromatic N) is 1. The Balaban J connectivity index is 2.35. The summed E-state index contributed by atoms with van der Waals surface area (Å²) in [4.78, 5) is 0. The first-order valence-corrected chi connectivity index (χ1v) is 4.36. The van der Waals surface area contributed by atoms with Crippen molar-refractivity contribution in [2.24, 2.45) is 0 Å². The zero-order chi connectivity index (χ0) is 9.10. The average molecular weight is 177 g/mol. The summed E-state index contributed by atoms with van der Waals surface area (Å²) in [6, 6.07) is 7.76. The number of aryl methyl sites for hydroxylation is 1. The van der Waals surface area contributed by atoms with E-state index in [1.807, 2.05) is 24.3 Å². The number of fused-ring (bicyclic) bond motifs is 1. The lowest BCUT2D eigenvalue weighted by atomic mass is 10.1. The molecule has 1 aromatic heterocycles. The van der Waals surface area contributed by atoms with Crippen LogP contribution in [0, 0.1) is 0 Å². The van der Waals surface area contributed by atoms with E-state index >= 15 is 0 Å². The molecule has 1 aromatic carbocycles. The number of rotatable bonds is 3. The van der Waals surface area contributed by atoms with Gasteiger partial charge in [0.15, 0.2) is 5.58 Å². The molecule has 1 N–H and O–H groups in total. The van der Waals surface area contributed by atoms with Crippen molar-refractivity contribution in [3.05, 3.63) is 30.0 Å². The second-order valence-electron chi connectivity index (χ2n) is 2.95. The van der Waals surface area contributed by atoms with Crippen molar-refractivity contribution in [3.63, 3.8) is 0 Å². The summed E-state index contributed by atoms with van der Waals surface area (Å²) < 4.78 is 5.11. The van der Waals surface area contributed by atoms with E-state index in [0.29, 0.717) is 0 Å². The Morgan fingerprint density at radius 1 is 1.31 bits per heavy atom. The minimum absolute atomic E-state index is 0.196. The molecule has 0 bridgehead atoms. The molecule has 0 aliphatic rings. The third kappa shape index (κ3) is 1.55. The summed E-state index contributed by atoms with van der Waals surface area (Å²) in [7, 11) is 0. The van der Waals surface area contributed by atoms with E-state index in [-0.39, 0.29) is 6.61 Å². The maximum absolute atomic E-state index is 8.68. The Morgan fingerprint density at radius 2 is 2.15 bits per heavy atom. The molecule has 68 valence electrons. The van der Waals surface area contributed by atoms with Gasteiger partial charge in [-0.25, -0.2) is 0 Å². The molecule has 0 fully saturated rings. The maximum atomic E-state index is 8.68. The fourth-order valence-corrected chi connectivity index (χ4v) is 1.36. The van der Waals surface area contributed by atoms with E-state index in [4.69, 9.17) is 9.63 Å². The standard InChI is InChI=1S/C10H11NO2/c12-7-3-5-9-8-4-1-2-6-10(8)13-11-9/h1-2,4,6,12H,3,5,7H2. The number of aliphatic hydroxyl groups is 1. The van der Waals surface area contributed by atoms with Crippen LogP contribution in [0.4, 0.5) is 0 Å². The topological polar surface area (TPSA) is 46.3 Å². The SMILES string of the molecule is OCCCc1noc2ccccc12. The van der Waals surface area contributed by atoms with Gasteiger partial charge in [-0.1, -0.05) is 17.3 Å². The van der Waals surface area contributed by atoms with Crippen molar-refractivity contribution < 1.29 is 9.63 Å². The number of para-hydroxylation sites is 1. The van der Waals surface area contributed by atoms with E-state index < -0.39 is 0 Å². The van der Waals surface area contributed by atoms with Crippen LogP contribution < -0.4 is 0 Å². The Bertz CT molecular complexity index is 394. The monoisotopic (exact) mass is 177 g/mol. The summed E-state index contributed by atoms with van der Waals surface area (Å²) in [5, 5.41) is 13.7. The van der Waals surface area contributed by atoms with E-state index in [1.165, 1.54) is 0 Å². The van der Waals surface area contributed by atoms with Crippen molar-refractivity contribution in [3.8, 4) is 0 Å². The van der Waals surface area contributed by atoms with Gasteiger partial charge in [0.1, 0.15) is 0 Å². The van der Waals surface area contributed by atoms with E-state index in [9.17, 15) is 0 Å². The lowest BCUT2D eigenvalue weighted by Crippen LogP contribution is -1.89. The van der Waals surface area contributed by atoms with Crippen LogP contribution in [0.5, 0.6) is 0 Å². The highest BCUT2D eigenvalue weighted by Crippen LogP contribution is 2.18. The summed E-state index contributed by atoms with van der Waals surface area (Å²) in [6.07, 6.45) is 1.50. The van der Waals surface area contributed by atoms with Crippen LogP contribution in [-0.4, -0.2) is 16.9 Å². The molecule has 0 saturated heterocycles. The van der Waals surface area contributed by atoms with Crippen LogP contribution in [0.1, 0.15) is 12.1 Å². The van der Waals surface area contributed by atoms with Crippen LogP contribution >= 0.6 is 0 Å². The molecule has 2 aromatic rings. The van der Waals surface area contributed by atoms with E-state index in [0.717, 1.165) is 29.5 Å². The van der Waals surface area contributed by atoms with Crippen LogP contribution in [0.2, 0.25) is 0 Å². The highest BCUT2D eigenvalue weighted by Gasteiger charge is 2.05. The summed E-state index contributed by atoms with van der Waals surface area (Å²) in [6.45, 7) is 0.196. The van der Waals surface area contributed by atoms with Gasteiger partial charge in [0, 0.05) is 12.0 Å². The van der Waals surface area contributed by atoms with Crippen LogP contribution in [-0.2, 0) is 6.42 Å². The first kappa shape index (κ1) is 8.26. The second-order valence-corrected chi connectivity index (χ2v) is 2.95. The van der Waals surface area contributed by atoms with Crippen LogP contribution in [0.3, 0.4) is 0 Å². The summed E-state index contributed by atoms with van der Waals surface area (Å²) in [5.74, 6) is 0. The highest BCUT2D eigenvalue weighted by atomic mass is 16.5. The minimum atomic E-state index is 0.196. The van der Waals surface area contributed by atoms with Crippen molar-refractivity contribution in [1.29, 1.82) is 0 Å². The van der Waals surface area contributed by atoms with Gasteiger partial charge in [0.2, 0.25) is 0 Å². The smallest absolute Gasteiger partial charge is 0.167 e. The first-order chi connectivity index (χ1) is 6.42. The van der Waals surface area contributed by atoms with Crippen molar-refractivity contribution >= 4 is 11.0 Å². The third-order valence-electron chi connectivity index (χ3n) is 2.02. The maximum Gasteiger partial charge on any atom is 0.167 e. The molecule has 0 aliphatic heterocycles. The quantitative estimate of drug-likeness (QED) is 0.776. The van der Waals surface area contributed by atoms with E-state index in [2.05, 4.69) is 5.16 Å². The zero-order valence-electron chi connectivity index (χ0n) is 7.23. The number of aromatic nitrogens is 1. The Morgan fingerprint density at radius 3 is 3.00 bits per heavy atom. The predicted molar refractivity (Wildman–Crippen MR) is 49.4 cm³/mol. The van der Waals surface area contributed by atoms with Crippen molar-refractivity contribution in [2.45, 2.75) is 12.8 Å². The number of hydrogen-bond donors (Lipinski definition) is 1. The van der Waals surface area contributed by atoms with Gasteiger partial charge in [0.25, 0.3) is 0 Å². The fourth-order valence-electron chi connectivity index (χ4n) is 1.36. The molecule has 0 saturated carbocycles. The third-order valence-corrected chi connectivity index (χ3v) is 2.02. The van der Waals surface area contributed by atoms with Gasteiger partial charge in [-0.15, -0.1) is 0 Å². The molecule has 0 aliphatic carbocycles. The van der Waals surface area contributed by atoms with Crippen molar-refractivity contribution in [1.82, 2.24) is 5.16 Å². The Hall–Kier alpha value is -1.35. The highest BCUT2D eigenvalue weighted by molar-refractivity contribution is 5.79. The number of hydrogen-bond acceptors (Lipinski definition) is 3. The number of benzene rings is 1. The first-order valence-electron chi connectivity index (χ1n) is 4.36. The zero-order valence-corrected chi connectivity index (χ0v) is 7.23. The van der Waals surface area contributed by atoms with Crippen LogP contribution in [0.15, 0.2) is 28.8 Å². The van der Waals surface area contributed by atoms with Gasteiger partial charge < -0.3 is 9.63 Å². The molecule has 0 unspecified atom stereocenters. The minimum Gasteiger partial charge on any atom is -0.396 e. The Kier molecular flexibility index (Phi) is 2.27. The van der Waals surface area contributed by atoms with Gasteiger partial charge in [-0.05, 0) is 25.0 Å². The molecule has 3 heteroatoms. The lowest BCUT2D eigenvalue weighted by Gasteiger charge is -1.91. The summed E-state index contributed by atoms with van der Waals surface area (Å²) in [5.41, 5.74) is 1.75. The molecular weight excluding hydrogens is 166 g/mol. The van der Waals surface area contributed by atoms with Gasteiger partial charge in [-0.2, -0.15) is 0 Å². The normalized spacial score (nSPS) is 10.8. The average Bonchev–Trinajstić information content (AvgIpc) is 2.58. The molecular formula is C10H11NO2. The van der Waals surface area contributed by atoms with Crippen LogP contribution in [0.25, 0.3) is 11.0 Å². The predicted octanol–water partition coefficient (Wildman–Crippen LogP) is 1.75. The molecule has 0 spiro atoms. The lowest BCUT2D eigenvalue weighted by molar-refractivity contribution is 0.287. The van der Waals surface area contributed by atoms with E-state index in [1.54, 1.807) is 0 Å². The molecule has 13 heavy (non-hydrogen) atoms. The molecule has 3 nitrogen and oxygen atoms in total. The fraction of sp³-hybridized carbons (Fsp3) is 0.300. The molecule has 2 rings (SSSR count).